The molecule has 5 heteroatoms. The molecule has 0 saturated carbocycles. The highest BCUT2D eigenvalue weighted by molar-refractivity contribution is 5.89. The second-order valence-corrected chi connectivity index (χ2v) is 7.22. The zero-order valence-electron chi connectivity index (χ0n) is 16.7. The van der Waals surface area contributed by atoms with Crippen molar-refractivity contribution in [1.82, 2.24) is 19.6 Å². The minimum absolute atomic E-state index is 0.584. The van der Waals surface area contributed by atoms with Crippen molar-refractivity contribution in [2.45, 2.75) is 13.5 Å². The third kappa shape index (κ3) is 3.53. The second kappa shape index (κ2) is 7.79. The van der Waals surface area contributed by atoms with E-state index in [-0.39, 0.29) is 0 Å². The molecule has 0 radical (unpaired) electrons. The summed E-state index contributed by atoms with van der Waals surface area (Å²) in [5, 5.41) is 8.29. The lowest BCUT2D eigenvalue weighted by Crippen LogP contribution is -2.08. The number of hydrogen-bond acceptors (Lipinski definition) is 4. The summed E-state index contributed by atoms with van der Waals surface area (Å²) in [6.07, 6.45) is 3.79. The summed E-state index contributed by atoms with van der Waals surface area (Å²) in [5.41, 5.74) is 6.31. The van der Waals surface area contributed by atoms with Crippen LogP contribution in [0.1, 0.15) is 11.3 Å². The Morgan fingerprint density at radius 1 is 0.867 bits per heavy atom. The molecule has 5 rings (SSSR count). The minimum atomic E-state index is 0.584. The van der Waals surface area contributed by atoms with Gasteiger partial charge in [0, 0.05) is 23.5 Å². The molecule has 2 aromatic carbocycles. The number of pyridine rings is 1. The maximum atomic E-state index is 4.91. The molecule has 0 spiro atoms. The number of rotatable bonds is 5. The fourth-order valence-corrected chi connectivity index (χ4v) is 3.58. The maximum Gasteiger partial charge on any atom is 0.182 e. The van der Waals surface area contributed by atoms with Gasteiger partial charge in [0.2, 0.25) is 0 Å². The molecule has 0 aliphatic carbocycles. The van der Waals surface area contributed by atoms with Gasteiger partial charge < -0.3 is 5.32 Å². The Morgan fingerprint density at radius 3 is 2.50 bits per heavy atom. The van der Waals surface area contributed by atoms with Crippen molar-refractivity contribution in [3.63, 3.8) is 0 Å². The molecule has 0 amide bonds. The van der Waals surface area contributed by atoms with E-state index in [0.717, 1.165) is 33.7 Å². The van der Waals surface area contributed by atoms with Crippen LogP contribution in [0.2, 0.25) is 0 Å². The standard InChI is InChI=1S/C25H21N5/c1-18-8-7-11-20(16-18)24-28-25(27-17-21-12-5-6-14-26-21)23-22(13-15-30(23)29-24)19-9-3-2-4-10-19/h2-16H,17H2,1H3,(H,27,28,29). The quantitative estimate of drug-likeness (QED) is 0.437. The molecule has 3 aromatic heterocycles. The minimum Gasteiger partial charge on any atom is -0.363 e. The molecule has 0 bridgehead atoms. The normalized spacial score (nSPS) is 11.0. The van der Waals surface area contributed by atoms with Gasteiger partial charge >= 0.3 is 0 Å². The number of benzene rings is 2. The van der Waals surface area contributed by atoms with Crippen LogP contribution < -0.4 is 5.32 Å². The van der Waals surface area contributed by atoms with Crippen LogP contribution in [-0.2, 0) is 6.54 Å². The van der Waals surface area contributed by atoms with Crippen molar-refractivity contribution in [1.29, 1.82) is 0 Å². The van der Waals surface area contributed by atoms with E-state index in [2.05, 4.69) is 47.6 Å². The van der Waals surface area contributed by atoms with Gasteiger partial charge in [-0.1, -0.05) is 60.2 Å². The number of anilines is 1. The van der Waals surface area contributed by atoms with E-state index in [9.17, 15) is 0 Å². The maximum absolute atomic E-state index is 4.91. The molecular weight excluding hydrogens is 370 g/mol. The molecule has 0 fully saturated rings. The smallest absolute Gasteiger partial charge is 0.182 e. The van der Waals surface area contributed by atoms with Crippen molar-refractivity contribution in [2.24, 2.45) is 0 Å². The average molecular weight is 391 g/mol. The summed E-state index contributed by atoms with van der Waals surface area (Å²) < 4.78 is 1.91. The van der Waals surface area contributed by atoms with Gasteiger partial charge in [-0.15, -0.1) is 5.10 Å². The van der Waals surface area contributed by atoms with E-state index in [0.29, 0.717) is 12.4 Å². The molecule has 5 nitrogen and oxygen atoms in total. The number of hydrogen-bond donors (Lipinski definition) is 1. The predicted molar refractivity (Wildman–Crippen MR) is 120 cm³/mol. The van der Waals surface area contributed by atoms with Gasteiger partial charge in [0.25, 0.3) is 0 Å². The van der Waals surface area contributed by atoms with Crippen LogP contribution in [0.3, 0.4) is 0 Å². The van der Waals surface area contributed by atoms with Gasteiger partial charge in [0.15, 0.2) is 11.6 Å². The first-order chi connectivity index (χ1) is 14.8. The van der Waals surface area contributed by atoms with Crippen molar-refractivity contribution < 1.29 is 0 Å². The molecular formula is C25H21N5. The Labute approximate surface area is 175 Å². The van der Waals surface area contributed by atoms with Crippen molar-refractivity contribution in [3.05, 3.63) is 103 Å². The zero-order chi connectivity index (χ0) is 20.3. The average Bonchev–Trinajstić information content (AvgIpc) is 3.23. The number of fused-ring (bicyclic) bond motifs is 1. The van der Waals surface area contributed by atoms with Crippen LogP contribution in [0, 0.1) is 6.92 Å². The van der Waals surface area contributed by atoms with E-state index in [1.54, 1.807) is 6.20 Å². The van der Waals surface area contributed by atoms with Crippen molar-refractivity contribution >= 4 is 11.3 Å². The van der Waals surface area contributed by atoms with E-state index >= 15 is 0 Å². The monoisotopic (exact) mass is 391 g/mol. The van der Waals surface area contributed by atoms with Gasteiger partial charge in [-0.05, 0) is 36.8 Å². The molecule has 0 aliphatic rings. The summed E-state index contributed by atoms with van der Waals surface area (Å²) in [4.78, 5) is 9.34. The highest BCUT2D eigenvalue weighted by Crippen LogP contribution is 2.31. The van der Waals surface area contributed by atoms with Crippen LogP contribution in [0.5, 0.6) is 0 Å². The predicted octanol–water partition coefficient (Wildman–Crippen LogP) is 5.38. The highest BCUT2D eigenvalue weighted by Gasteiger charge is 2.15. The largest absolute Gasteiger partial charge is 0.363 e. The summed E-state index contributed by atoms with van der Waals surface area (Å²) in [6.45, 7) is 2.66. The molecule has 0 aliphatic heterocycles. The SMILES string of the molecule is Cc1cccc(-c2nc(NCc3ccccn3)c3c(-c4ccccc4)ccn3n2)c1. The molecule has 146 valence electrons. The van der Waals surface area contributed by atoms with E-state index < -0.39 is 0 Å². The van der Waals surface area contributed by atoms with Gasteiger partial charge in [0.05, 0.1) is 12.2 Å². The highest BCUT2D eigenvalue weighted by atomic mass is 15.3. The van der Waals surface area contributed by atoms with Crippen LogP contribution in [0.15, 0.2) is 91.3 Å². The van der Waals surface area contributed by atoms with Gasteiger partial charge in [-0.3, -0.25) is 4.98 Å². The summed E-state index contributed by atoms with van der Waals surface area (Å²) in [6, 6.07) is 26.6. The Bertz CT molecular complexity index is 1290. The Hall–Kier alpha value is -3.99. The summed E-state index contributed by atoms with van der Waals surface area (Å²) in [5.74, 6) is 1.47. The van der Waals surface area contributed by atoms with Crippen LogP contribution in [-0.4, -0.2) is 19.6 Å². The first-order valence-electron chi connectivity index (χ1n) is 9.93. The Balaban J connectivity index is 1.65. The molecule has 5 aromatic rings. The fourth-order valence-electron chi connectivity index (χ4n) is 3.58. The number of nitrogens with one attached hydrogen (secondary N) is 1. The fraction of sp³-hybridized carbons (Fsp3) is 0.0800. The zero-order valence-corrected chi connectivity index (χ0v) is 16.7. The van der Waals surface area contributed by atoms with Crippen LogP contribution in [0.25, 0.3) is 28.0 Å². The lowest BCUT2D eigenvalue weighted by atomic mass is 10.1. The molecule has 1 N–H and O–H groups in total. The molecule has 0 atom stereocenters. The first-order valence-corrected chi connectivity index (χ1v) is 9.93. The second-order valence-electron chi connectivity index (χ2n) is 7.22. The third-order valence-electron chi connectivity index (χ3n) is 5.04. The van der Waals surface area contributed by atoms with Crippen LogP contribution in [0.4, 0.5) is 5.82 Å². The molecule has 30 heavy (non-hydrogen) atoms. The molecule has 3 heterocycles. The molecule has 0 unspecified atom stereocenters. The summed E-state index contributed by atoms with van der Waals surface area (Å²) >= 11 is 0. The van der Waals surface area contributed by atoms with Gasteiger partial charge in [-0.2, -0.15) is 0 Å². The first kappa shape index (κ1) is 18.1. The van der Waals surface area contributed by atoms with Crippen molar-refractivity contribution in [2.75, 3.05) is 5.32 Å². The Morgan fingerprint density at radius 2 is 1.70 bits per heavy atom. The number of aromatic nitrogens is 4. The van der Waals surface area contributed by atoms with Crippen molar-refractivity contribution in [3.8, 4) is 22.5 Å². The van der Waals surface area contributed by atoms with E-state index in [1.165, 1.54) is 5.56 Å². The number of aryl methyl sites for hydroxylation is 1. The van der Waals surface area contributed by atoms with Gasteiger partial charge in [0.1, 0.15) is 5.52 Å². The summed E-state index contributed by atoms with van der Waals surface area (Å²) in [7, 11) is 0. The van der Waals surface area contributed by atoms with E-state index in [4.69, 9.17) is 10.1 Å². The molecule has 0 saturated heterocycles. The lowest BCUT2D eigenvalue weighted by Gasteiger charge is -2.12. The third-order valence-corrected chi connectivity index (χ3v) is 5.04. The topological polar surface area (TPSA) is 55.1 Å². The van der Waals surface area contributed by atoms with E-state index in [1.807, 2.05) is 59.2 Å². The Kier molecular flexibility index (Phi) is 4.69. The number of nitrogens with zero attached hydrogens (tertiary/aromatic N) is 4. The van der Waals surface area contributed by atoms with Crippen LogP contribution >= 0.6 is 0 Å². The van der Waals surface area contributed by atoms with Gasteiger partial charge in [-0.25, -0.2) is 9.50 Å². The lowest BCUT2D eigenvalue weighted by molar-refractivity contribution is 0.906.